The zero-order chi connectivity index (χ0) is 21.3. The average molecular weight is 412 g/mol. The molecule has 0 bridgehead atoms. The van der Waals surface area contributed by atoms with Crippen molar-refractivity contribution < 1.29 is 26.7 Å². The van der Waals surface area contributed by atoms with Gasteiger partial charge in [0.15, 0.2) is 23.3 Å². The van der Waals surface area contributed by atoms with Gasteiger partial charge in [-0.25, -0.2) is 26.9 Å². The van der Waals surface area contributed by atoms with Crippen LogP contribution in [0.15, 0.2) is 29.1 Å². The number of nitrogens with zero attached hydrogens (tertiary/aromatic N) is 2. The molecule has 152 valence electrons. The second kappa shape index (κ2) is 7.86. The second-order valence-electron chi connectivity index (χ2n) is 6.03. The Morgan fingerprint density at radius 2 is 1.59 bits per heavy atom. The fourth-order valence-corrected chi connectivity index (χ4v) is 2.62. The number of anilines is 1. The van der Waals surface area contributed by atoms with Crippen molar-refractivity contribution in [3.63, 3.8) is 0 Å². The van der Waals surface area contributed by atoms with Crippen LogP contribution in [0.3, 0.4) is 0 Å². The van der Waals surface area contributed by atoms with Crippen LogP contribution in [0, 0.1) is 29.1 Å². The Morgan fingerprint density at radius 3 is 2.24 bits per heavy atom. The third-order valence-corrected chi connectivity index (χ3v) is 4.19. The minimum atomic E-state index is -2.31. The summed E-state index contributed by atoms with van der Waals surface area (Å²) in [6.45, 7) is 0. The highest BCUT2D eigenvalue weighted by molar-refractivity contribution is 5.78. The van der Waals surface area contributed by atoms with E-state index in [2.05, 4.69) is 4.98 Å². The summed E-state index contributed by atoms with van der Waals surface area (Å²) in [5, 5.41) is 0.399. The summed E-state index contributed by atoms with van der Waals surface area (Å²) in [7, 11) is 1.47. The van der Waals surface area contributed by atoms with Gasteiger partial charge in [0.1, 0.15) is 11.5 Å². The lowest BCUT2D eigenvalue weighted by Gasteiger charge is -2.12. The Hall–Kier alpha value is -3.50. The lowest BCUT2D eigenvalue weighted by molar-refractivity contribution is -0.120. The predicted molar refractivity (Wildman–Crippen MR) is 93.3 cm³/mol. The summed E-state index contributed by atoms with van der Waals surface area (Å²) < 4.78 is 67.7. The molecule has 1 heterocycles. The third kappa shape index (κ3) is 3.75. The molecular formula is C18H13F5N4O2. The van der Waals surface area contributed by atoms with Crippen molar-refractivity contribution in [2.24, 2.45) is 7.05 Å². The molecule has 0 atom stereocenters. The molecule has 0 fully saturated rings. The van der Waals surface area contributed by atoms with Crippen LogP contribution in [-0.2, 0) is 18.3 Å². The molecule has 0 saturated carbocycles. The number of halogens is 5. The van der Waals surface area contributed by atoms with Gasteiger partial charge in [-0.3, -0.25) is 25.0 Å². The van der Waals surface area contributed by atoms with Gasteiger partial charge in [-0.15, -0.1) is 0 Å². The first-order valence-corrected chi connectivity index (χ1v) is 8.23. The van der Waals surface area contributed by atoms with Crippen molar-refractivity contribution >= 4 is 22.5 Å². The predicted octanol–water partition coefficient (Wildman–Crippen LogP) is 2.70. The maximum Gasteiger partial charge on any atom is 0.261 e. The maximum atomic E-state index is 13.6. The Balaban J connectivity index is 1.71. The van der Waals surface area contributed by atoms with Gasteiger partial charge in [-0.1, -0.05) is 12.1 Å². The van der Waals surface area contributed by atoms with Crippen molar-refractivity contribution in [1.82, 2.24) is 15.0 Å². The van der Waals surface area contributed by atoms with E-state index in [1.165, 1.54) is 11.6 Å². The molecule has 0 unspecified atom stereocenters. The highest BCUT2D eigenvalue weighted by Gasteiger charge is 2.26. The summed E-state index contributed by atoms with van der Waals surface area (Å²) in [5.74, 6) is -11.4. The van der Waals surface area contributed by atoms with E-state index >= 15 is 0 Å². The SMILES string of the molecule is Cn1c(CCC(=O)NNc2c(F)c(F)c(F)c(F)c2F)nc2ccccc2c1=O. The van der Waals surface area contributed by atoms with E-state index in [-0.39, 0.29) is 24.2 Å². The minimum absolute atomic E-state index is 0.0127. The van der Waals surface area contributed by atoms with E-state index in [4.69, 9.17) is 0 Å². The van der Waals surface area contributed by atoms with Crippen LogP contribution in [0.25, 0.3) is 10.9 Å². The Bertz CT molecular complexity index is 1150. The number of carbonyl (C=O) groups is 1. The molecule has 2 aromatic carbocycles. The molecule has 0 aliphatic heterocycles. The zero-order valence-electron chi connectivity index (χ0n) is 14.8. The van der Waals surface area contributed by atoms with Crippen molar-refractivity contribution in [1.29, 1.82) is 0 Å². The van der Waals surface area contributed by atoms with E-state index in [1.54, 1.807) is 29.7 Å². The van der Waals surface area contributed by atoms with Crippen LogP contribution in [0.2, 0.25) is 0 Å². The van der Waals surface area contributed by atoms with Gasteiger partial charge in [-0.2, -0.15) is 0 Å². The summed E-state index contributed by atoms with van der Waals surface area (Å²) in [4.78, 5) is 28.5. The molecule has 2 N–H and O–H groups in total. The number of fused-ring (bicyclic) bond motifs is 1. The number of hydrazine groups is 1. The van der Waals surface area contributed by atoms with Crippen molar-refractivity contribution in [3.05, 3.63) is 69.5 Å². The van der Waals surface area contributed by atoms with E-state index in [9.17, 15) is 31.5 Å². The standard InChI is InChI=1S/C18H13F5N4O2/c1-27-10(24-9-5-3-2-4-8(9)18(27)29)6-7-11(28)25-26-17-15(22)13(20)12(19)14(21)16(17)23/h2-5,26H,6-7H2,1H3,(H,25,28). The molecule has 0 aliphatic carbocycles. The topological polar surface area (TPSA) is 76.0 Å². The van der Waals surface area contributed by atoms with Gasteiger partial charge in [-0.05, 0) is 12.1 Å². The average Bonchev–Trinajstić information content (AvgIpc) is 2.72. The fraction of sp³-hybridized carbons (Fsp3) is 0.167. The molecule has 29 heavy (non-hydrogen) atoms. The minimum Gasteiger partial charge on any atom is -0.299 e. The first-order chi connectivity index (χ1) is 13.7. The number of hydrogen-bond donors (Lipinski definition) is 2. The molecular weight excluding hydrogens is 399 g/mol. The van der Waals surface area contributed by atoms with E-state index in [0.29, 0.717) is 10.9 Å². The molecule has 1 amide bonds. The van der Waals surface area contributed by atoms with Crippen molar-refractivity contribution in [2.75, 3.05) is 5.43 Å². The first kappa shape index (κ1) is 20.2. The smallest absolute Gasteiger partial charge is 0.261 e. The number of benzene rings is 2. The summed E-state index contributed by atoms with van der Waals surface area (Å²) in [6.07, 6.45) is -0.289. The molecule has 6 nitrogen and oxygen atoms in total. The number of aromatic nitrogens is 2. The molecule has 11 heteroatoms. The molecule has 0 saturated heterocycles. The number of carbonyl (C=O) groups excluding carboxylic acids is 1. The Kier molecular flexibility index (Phi) is 5.48. The number of aryl methyl sites for hydroxylation is 1. The van der Waals surface area contributed by atoms with Gasteiger partial charge in [0.2, 0.25) is 11.7 Å². The largest absolute Gasteiger partial charge is 0.299 e. The summed E-state index contributed by atoms with van der Waals surface area (Å²) in [6, 6.07) is 6.61. The molecule has 3 aromatic rings. The van der Waals surface area contributed by atoms with Crippen molar-refractivity contribution in [2.45, 2.75) is 12.8 Å². The highest BCUT2D eigenvalue weighted by Crippen LogP contribution is 2.26. The van der Waals surface area contributed by atoms with Crippen LogP contribution >= 0.6 is 0 Å². The Morgan fingerprint density at radius 1 is 1.00 bits per heavy atom. The second-order valence-corrected chi connectivity index (χ2v) is 6.03. The molecule has 1 aromatic heterocycles. The molecule has 0 aliphatic rings. The molecule has 0 spiro atoms. The number of nitrogens with one attached hydrogen (secondary N) is 2. The van der Waals surface area contributed by atoms with Gasteiger partial charge >= 0.3 is 0 Å². The number of amides is 1. The van der Waals surface area contributed by atoms with E-state index in [0.717, 1.165) is 0 Å². The van der Waals surface area contributed by atoms with Gasteiger partial charge in [0.25, 0.3) is 5.56 Å². The number of para-hydroxylation sites is 1. The number of hydrogen-bond acceptors (Lipinski definition) is 4. The van der Waals surface area contributed by atoms with Crippen LogP contribution < -0.4 is 16.4 Å². The Labute approximate surface area is 159 Å². The third-order valence-electron chi connectivity index (χ3n) is 4.19. The van der Waals surface area contributed by atoms with Gasteiger partial charge in [0.05, 0.1) is 10.9 Å². The zero-order valence-corrected chi connectivity index (χ0v) is 14.8. The van der Waals surface area contributed by atoms with Crippen LogP contribution in [0.4, 0.5) is 27.6 Å². The van der Waals surface area contributed by atoms with E-state index < -0.39 is 40.7 Å². The quantitative estimate of drug-likeness (QED) is 0.293. The lowest BCUT2D eigenvalue weighted by Crippen LogP contribution is -2.32. The van der Waals surface area contributed by atoms with Gasteiger partial charge in [0, 0.05) is 19.9 Å². The first-order valence-electron chi connectivity index (χ1n) is 8.23. The molecule has 0 radical (unpaired) electrons. The summed E-state index contributed by atoms with van der Waals surface area (Å²) >= 11 is 0. The van der Waals surface area contributed by atoms with Crippen molar-refractivity contribution in [3.8, 4) is 0 Å². The van der Waals surface area contributed by atoms with Crippen LogP contribution in [0.5, 0.6) is 0 Å². The molecule has 3 rings (SSSR count). The monoisotopic (exact) mass is 412 g/mol. The highest BCUT2D eigenvalue weighted by atomic mass is 19.2. The van der Waals surface area contributed by atoms with Crippen LogP contribution in [0.1, 0.15) is 12.2 Å². The lowest BCUT2D eigenvalue weighted by atomic mass is 10.2. The normalized spacial score (nSPS) is 11.0. The number of rotatable bonds is 5. The summed E-state index contributed by atoms with van der Waals surface area (Å²) in [5.41, 5.74) is 2.29. The van der Waals surface area contributed by atoms with E-state index in [1.807, 2.05) is 5.43 Å². The van der Waals surface area contributed by atoms with Gasteiger partial charge < -0.3 is 0 Å². The maximum absolute atomic E-state index is 13.6. The fourth-order valence-electron chi connectivity index (χ4n) is 2.62. The van der Waals surface area contributed by atoms with Crippen LogP contribution in [-0.4, -0.2) is 15.5 Å².